The van der Waals surface area contributed by atoms with Crippen molar-refractivity contribution >= 4 is 15.8 Å². The minimum absolute atomic E-state index is 0.0606. The van der Waals surface area contributed by atoms with Gasteiger partial charge in [0.2, 0.25) is 0 Å². The van der Waals surface area contributed by atoms with Gasteiger partial charge in [0.1, 0.15) is 6.04 Å². The fraction of sp³-hybridized carbons (Fsp3) is 0.909. The molecule has 0 aromatic rings. The molecule has 2 unspecified atom stereocenters. The van der Waals surface area contributed by atoms with E-state index in [1.54, 1.807) is 0 Å². The van der Waals surface area contributed by atoms with Crippen molar-refractivity contribution in [1.82, 2.24) is 10.2 Å². The number of esters is 1. The van der Waals surface area contributed by atoms with Crippen LogP contribution >= 0.6 is 0 Å². The van der Waals surface area contributed by atoms with Crippen molar-refractivity contribution in [3.63, 3.8) is 0 Å². The van der Waals surface area contributed by atoms with Crippen LogP contribution < -0.4 is 5.32 Å². The second-order valence-corrected chi connectivity index (χ2v) is 6.82. The van der Waals surface area contributed by atoms with Crippen LogP contribution in [0.3, 0.4) is 0 Å². The van der Waals surface area contributed by atoms with Gasteiger partial charge in [0.15, 0.2) is 9.84 Å². The first-order chi connectivity index (χ1) is 8.39. The van der Waals surface area contributed by atoms with Crippen molar-refractivity contribution < 1.29 is 17.9 Å². The Morgan fingerprint density at radius 2 is 2.22 bits per heavy atom. The van der Waals surface area contributed by atoms with Gasteiger partial charge in [0, 0.05) is 19.1 Å². The fourth-order valence-electron chi connectivity index (χ4n) is 2.15. The highest BCUT2D eigenvalue weighted by Crippen LogP contribution is 2.12. The van der Waals surface area contributed by atoms with Gasteiger partial charge in [0.25, 0.3) is 0 Å². The van der Waals surface area contributed by atoms with Crippen LogP contribution in [-0.2, 0) is 19.4 Å². The van der Waals surface area contributed by atoms with Crippen LogP contribution in [0.5, 0.6) is 0 Å². The highest BCUT2D eigenvalue weighted by atomic mass is 32.2. The van der Waals surface area contributed by atoms with Crippen LogP contribution in [0, 0.1) is 0 Å². The minimum Gasteiger partial charge on any atom is -0.468 e. The molecule has 6 nitrogen and oxygen atoms in total. The SMILES string of the molecule is CCNC(CN1CCS(=O)(=O)CC1C)C(=O)OC. The topological polar surface area (TPSA) is 75.7 Å². The first kappa shape index (κ1) is 15.4. The third-order valence-corrected chi connectivity index (χ3v) is 4.96. The number of ether oxygens (including phenoxy) is 1. The second-order valence-electron chi connectivity index (χ2n) is 4.59. The first-order valence-electron chi connectivity index (χ1n) is 6.15. The Bertz CT molecular complexity index is 383. The highest BCUT2D eigenvalue weighted by Gasteiger charge is 2.31. The van der Waals surface area contributed by atoms with E-state index in [0.717, 1.165) is 0 Å². The van der Waals surface area contributed by atoms with Crippen molar-refractivity contribution in [1.29, 1.82) is 0 Å². The molecular formula is C11H22N2O4S. The second kappa shape index (κ2) is 6.49. The molecule has 0 aromatic carbocycles. The molecule has 0 radical (unpaired) electrons. The Balaban J connectivity index is 2.62. The minimum atomic E-state index is -2.92. The lowest BCUT2D eigenvalue weighted by Gasteiger charge is -2.35. The Morgan fingerprint density at radius 3 is 2.72 bits per heavy atom. The average molecular weight is 278 g/mol. The van der Waals surface area contributed by atoms with Crippen LogP contribution in [0.25, 0.3) is 0 Å². The molecular weight excluding hydrogens is 256 g/mol. The third-order valence-electron chi connectivity index (χ3n) is 3.16. The monoisotopic (exact) mass is 278 g/mol. The largest absolute Gasteiger partial charge is 0.468 e. The number of rotatable bonds is 5. The number of sulfone groups is 1. The standard InChI is InChI=1S/C11H22N2O4S/c1-4-12-10(11(14)17-3)7-13-5-6-18(15,16)8-9(13)2/h9-10,12H,4-8H2,1-3H3. The maximum absolute atomic E-state index is 11.6. The van der Waals surface area contributed by atoms with E-state index in [4.69, 9.17) is 4.74 Å². The molecule has 1 fully saturated rings. The van der Waals surface area contributed by atoms with Gasteiger partial charge in [-0.1, -0.05) is 6.92 Å². The first-order valence-corrected chi connectivity index (χ1v) is 7.97. The maximum Gasteiger partial charge on any atom is 0.324 e. The molecule has 1 rings (SSSR count). The number of likely N-dealkylation sites (N-methyl/N-ethyl adjacent to an activating group) is 1. The van der Waals surface area contributed by atoms with Crippen LogP contribution in [0.4, 0.5) is 0 Å². The lowest BCUT2D eigenvalue weighted by atomic mass is 10.2. The van der Waals surface area contributed by atoms with E-state index in [0.29, 0.717) is 19.6 Å². The Hall–Kier alpha value is -0.660. The highest BCUT2D eigenvalue weighted by molar-refractivity contribution is 7.91. The van der Waals surface area contributed by atoms with E-state index in [-0.39, 0.29) is 23.5 Å². The zero-order chi connectivity index (χ0) is 13.8. The number of carbonyl (C=O) groups is 1. The lowest BCUT2D eigenvalue weighted by Crippen LogP contribution is -2.54. The molecule has 0 spiro atoms. The van der Waals surface area contributed by atoms with Crippen LogP contribution in [0.15, 0.2) is 0 Å². The summed E-state index contributed by atoms with van der Waals surface area (Å²) in [6, 6.07) is -0.460. The lowest BCUT2D eigenvalue weighted by molar-refractivity contribution is -0.143. The molecule has 18 heavy (non-hydrogen) atoms. The van der Waals surface area contributed by atoms with E-state index in [1.807, 2.05) is 18.7 Å². The van der Waals surface area contributed by atoms with Crippen molar-refractivity contribution in [2.24, 2.45) is 0 Å². The maximum atomic E-state index is 11.6. The molecule has 0 saturated carbocycles. The summed E-state index contributed by atoms with van der Waals surface area (Å²) in [6.07, 6.45) is 0. The Morgan fingerprint density at radius 1 is 1.56 bits per heavy atom. The van der Waals surface area contributed by atoms with E-state index >= 15 is 0 Å². The molecule has 0 aromatic heterocycles. The van der Waals surface area contributed by atoms with Crippen molar-refractivity contribution in [2.45, 2.75) is 25.9 Å². The number of hydrogen-bond donors (Lipinski definition) is 1. The van der Waals surface area contributed by atoms with E-state index in [2.05, 4.69) is 5.32 Å². The molecule has 1 saturated heterocycles. The predicted molar refractivity (Wildman–Crippen MR) is 69.2 cm³/mol. The number of nitrogens with one attached hydrogen (secondary N) is 1. The summed E-state index contributed by atoms with van der Waals surface area (Å²) in [7, 11) is -1.56. The van der Waals surface area contributed by atoms with Gasteiger partial charge in [-0.15, -0.1) is 0 Å². The van der Waals surface area contributed by atoms with Gasteiger partial charge in [-0.05, 0) is 13.5 Å². The summed E-state index contributed by atoms with van der Waals surface area (Å²) in [5.41, 5.74) is 0. The molecule has 0 bridgehead atoms. The fourth-order valence-corrected chi connectivity index (χ4v) is 3.77. The Kier molecular flexibility index (Phi) is 5.55. The predicted octanol–water partition coefficient (Wildman–Crippen LogP) is -0.744. The summed E-state index contributed by atoms with van der Waals surface area (Å²) >= 11 is 0. The van der Waals surface area contributed by atoms with Gasteiger partial charge < -0.3 is 10.1 Å². The summed E-state index contributed by atoms with van der Waals surface area (Å²) in [6.45, 7) is 5.41. The van der Waals surface area contributed by atoms with Gasteiger partial charge in [0.05, 0.1) is 18.6 Å². The van der Waals surface area contributed by atoms with Crippen molar-refractivity contribution in [2.75, 3.05) is 38.2 Å². The average Bonchev–Trinajstić information content (AvgIpc) is 2.30. The molecule has 7 heteroatoms. The zero-order valence-electron chi connectivity index (χ0n) is 11.2. The zero-order valence-corrected chi connectivity index (χ0v) is 12.0. The molecule has 2 atom stereocenters. The van der Waals surface area contributed by atoms with Gasteiger partial charge in [-0.3, -0.25) is 9.69 Å². The normalized spacial score (nSPS) is 25.6. The van der Waals surface area contributed by atoms with E-state index in [9.17, 15) is 13.2 Å². The Labute approximate surface area is 109 Å². The number of hydrogen-bond acceptors (Lipinski definition) is 6. The summed E-state index contributed by atoms with van der Waals surface area (Å²) in [5.74, 6) is 0.0159. The van der Waals surface area contributed by atoms with Crippen LogP contribution in [0.2, 0.25) is 0 Å². The van der Waals surface area contributed by atoms with E-state index < -0.39 is 15.9 Å². The molecule has 1 N–H and O–H groups in total. The molecule has 1 heterocycles. The number of methoxy groups -OCH3 is 1. The smallest absolute Gasteiger partial charge is 0.324 e. The van der Waals surface area contributed by atoms with Crippen LogP contribution in [0.1, 0.15) is 13.8 Å². The quantitative estimate of drug-likeness (QED) is 0.667. The summed E-state index contributed by atoms with van der Waals surface area (Å²) in [5, 5.41) is 3.06. The van der Waals surface area contributed by atoms with Crippen molar-refractivity contribution in [3.05, 3.63) is 0 Å². The molecule has 1 aliphatic rings. The third kappa shape index (κ3) is 4.22. The molecule has 0 aliphatic carbocycles. The van der Waals surface area contributed by atoms with Crippen molar-refractivity contribution in [3.8, 4) is 0 Å². The van der Waals surface area contributed by atoms with Gasteiger partial charge in [-0.2, -0.15) is 0 Å². The van der Waals surface area contributed by atoms with E-state index in [1.165, 1.54) is 7.11 Å². The van der Waals surface area contributed by atoms with Gasteiger partial charge in [-0.25, -0.2) is 8.42 Å². The summed E-state index contributed by atoms with van der Waals surface area (Å²) in [4.78, 5) is 13.6. The summed E-state index contributed by atoms with van der Waals surface area (Å²) < 4.78 is 27.7. The van der Waals surface area contributed by atoms with Crippen LogP contribution in [-0.4, -0.2) is 69.6 Å². The molecule has 106 valence electrons. The molecule has 1 aliphatic heterocycles. The molecule has 0 amide bonds. The van der Waals surface area contributed by atoms with Gasteiger partial charge >= 0.3 is 5.97 Å². The number of nitrogens with zero attached hydrogens (tertiary/aromatic N) is 1. The number of carbonyl (C=O) groups excluding carboxylic acids is 1.